The van der Waals surface area contributed by atoms with E-state index in [1.807, 2.05) is 0 Å². The van der Waals surface area contributed by atoms with E-state index in [-0.39, 0.29) is 5.69 Å². The number of benzene rings is 1. The minimum atomic E-state index is -0.737. The van der Waals surface area contributed by atoms with E-state index < -0.39 is 23.7 Å². The third kappa shape index (κ3) is 3.53. The number of aromatic nitrogens is 1. The second kappa shape index (κ2) is 6.30. The van der Waals surface area contributed by atoms with E-state index in [2.05, 4.69) is 10.3 Å². The molecule has 0 saturated heterocycles. The fraction of sp³-hybridized carbons (Fsp3) is 0.200. The largest absolute Gasteiger partial charge is 0.496 e. The van der Waals surface area contributed by atoms with Crippen molar-refractivity contribution in [2.75, 3.05) is 7.11 Å². The highest BCUT2D eigenvalue weighted by molar-refractivity contribution is 5.92. The van der Waals surface area contributed by atoms with Crippen LogP contribution >= 0.6 is 0 Å². The first kappa shape index (κ1) is 14.9. The number of hydrogen-bond acceptors (Lipinski definition) is 3. The molecule has 0 radical (unpaired) electrons. The molecule has 6 heteroatoms. The lowest BCUT2D eigenvalue weighted by atomic mass is 10.1. The van der Waals surface area contributed by atoms with Gasteiger partial charge in [0.05, 0.1) is 13.2 Å². The lowest BCUT2D eigenvalue weighted by Crippen LogP contribution is -2.28. The van der Waals surface area contributed by atoms with Crippen molar-refractivity contribution in [2.24, 2.45) is 0 Å². The molecule has 0 fully saturated rings. The smallest absolute Gasteiger partial charge is 0.270 e. The summed E-state index contributed by atoms with van der Waals surface area (Å²) >= 11 is 0. The molecule has 0 aliphatic heterocycles. The number of hydrogen-bond donors (Lipinski definition) is 1. The number of nitrogens with one attached hydrogen (secondary N) is 1. The Morgan fingerprint density at radius 3 is 2.71 bits per heavy atom. The average Bonchev–Trinajstić information content (AvgIpc) is 2.47. The fourth-order valence-electron chi connectivity index (χ4n) is 1.93. The maximum Gasteiger partial charge on any atom is 0.270 e. The first-order valence-electron chi connectivity index (χ1n) is 6.28. The van der Waals surface area contributed by atoms with Crippen LogP contribution in [0.1, 0.15) is 29.0 Å². The zero-order chi connectivity index (χ0) is 15.4. The molecule has 1 aromatic heterocycles. The van der Waals surface area contributed by atoms with E-state index in [1.165, 1.54) is 37.4 Å². The van der Waals surface area contributed by atoms with Crippen molar-refractivity contribution < 1.29 is 18.3 Å². The molecular formula is C15H14F2N2O2. The van der Waals surface area contributed by atoms with Crippen LogP contribution in [0.5, 0.6) is 5.75 Å². The lowest BCUT2D eigenvalue weighted by molar-refractivity contribution is 0.0933. The third-order valence-corrected chi connectivity index (χ3v) is 2.95. The van der Waals surface area contributed by atoms with Crippen molar-refractivity contribution in [3.05, 3.63) is 59.4 Å². The van der Waals surface area contributed by atoms with Gasteiger partial charge in [0.25, 0.3) is 5.91 Å². The third-order valence-electron chi connectivity index (χ3n) is 2.95. The van der Waals surface area contributed by atoms with Gasteiger partial charge < -0.3 is 10.1 Å². The molecule has 4 nitrogen and oxygen atoms in total. The molecule has 0 aliphatic rings. The van der Waals surface area contributed by atoms with Crippen LogP contribution in [-0.2, 0) is 0 Å². The molecule has 2 aromatic rings. The Morgan fingerprint density at radius 2 is 2.05 bits per heavy atom. The number of halogens is 2. The lowest BCUT2D eigenvalue weighted by Gasteiger charge is -2.17. The monoisotopic (exact) mass is 292 g/mol. The molecule has 0 bridgehead atoms. The molecule has 110 valence electrons. The summed E-state index contributed by atoms with van der Waals surface area (Å²) in [6.07, 6.45) is 0. The second-order valence-electron chi connectivity index (χ2n) is 4.43. The molecule has 0 spiro atoms. The van der Waals surface area contributed by atoms with Gasteiger partial charge in [0.15, 0.2) is 0 Å². The number of pyridine rings is 1. The molecular weight excluding hydrogens is 278 g/mol. The number of rotatable bonds is 4. The molecule has 2 rings (SSSR count). The van der Waals surface area contributed by atoms with Gasteiger partial charge in [0.2, 0.25) is 5.95 Å². The van der Waals surface area contributed by atoms with E-state index in [0.29, 0.717) is 11.3 Å². The van der Waals surface area contributed by atoms with Gasteiger partial charge >= 0.3 is 0 Å². The quantitative estimate of drug-likeness (QED) is 0.882. The maximum atomic E-state index is 13.3. The van der Waals surface area contributed by atoms with E-state index in [9.17, 15) is 13.6 Å². The number of nitrogens with zero attached hydrogens (tertiary/aromatic N) is 1. The van der Waals surface area contributed by atoms with Crippen LogP contribution in [0.2, 0.25) is 0 Å². The Hall–Kier alpha value is -2.50. The Bertz CT molecular complexity index is 662. The Kier molecular flexibility index (Phi) is 4.47. The minimum Gasteiger partial charge on any atom is -0.496 e. The minimum absolute atomic E-state index is 0.0442. The van der Waals surface area contributed by atoms with Crippen LogP contribution in [0.15, 0.2) is 36.4 Å². The molecule has 0 aliphatic carbocycles. The first-order chi connectivity index (χ1) is 10.0. The van der Waals surface area contributed by atoms with Crippen molar-refractivity contribution >= 4 is 5.91 Å². The van der Waals surface area contributed by atoms with E-state index in [1.54, 1.807) is 6.92 Å². The van der Waals surface area contributed by atoms with Gasteiger partial charge in [-0.3, -0.25) is 4.79 Å². The van der Waals surface area contributed by atoms with Gasteiger partial charge in [0.1, 0.15) is 17.3 Å². The predicted molar refractivity (Wildman–Crippen MR) is 73.0 cm³/mol. The maximum absolute atomic E-state index is 13.3. The van der Waals surface area contributed by atoms with Crippen LogP contribution in [0, 0.1) is 11.8 Å². The summed E-state index contributed by atoms with van der Waals surface area (Å²) in [5, 5.41) is 2.63. The van der Waals surface area contributed by atoms with Crippen LogP contribution in [-0.4, -0.2) is 18.0 Å². The topological polar surface area (TPSA) is 51.2 Å². The van der Waals surface area contributed by atoms with Crippen LogP contribution in [0.3, 0.4) is 0 Å². The van der Waals surface area contributed by atoms with Gasteiger partial charge in [-0.1, -0.05) is 6.07 Å². The number of carbonyl (C=O) groups is 1. The van der Waals surface area contributed by atoms with Crippen molar-refractivity contribution in [3.63, 3.8) is 0 Å². The summed E-state index contributed by atoms with van der Waals surface area (Å²) in [6, 6.07) is 7.45. The molecule has 1 heterocycles. The van der Waals surface area contributed by atoms with Crippen molar-refractivity contribution in [3.8, 4) is 5.75 Å². The molecule has 0 saturated carbocycles. The number of methoxy groups -OCH3 is 1. The van der Waals surface area contributed by atoms with Gasteiger partial charge in [-0.15, -0.1) is 0 Å². The van der Waals surface area contributed by atoms with Gasteiger partial charge in [-0.25, -0.2) is 9.37 Å². The molecule has 1 atom stereocenters. The van der Waals surface area contributed by atoms with Gasteiger partial charge in [-0.2, -0.15) is 4.39 Å². The zero-order valence-electron chi connectivity index (χ0n) is 11.6. The number of ether oxygens (including phenoxy) is 1. The molecule has 1 amide bonds. The number of carbonyl (C=O) groups excluding carboxylic acids is 1. The Labute approximate surface area is 120 Å². The number of amides is 1. The second-order valence-corrected chi connectivity index (χ2v) is 4.43. The van der Waals surface area contributed by atoms with Crippen molar-refractivity contribution in [1.29, 1.82) is 0 Å². The predicted octanol–water partition coefficient (Wildman–Crippen LogP) is 2.86. The van der Waals surface area contributed by atoms with Crippen molar-refractivity contribution in [1.82, 2.24) is 10.3 Å². The molecule has 1 unspecified atom stereocenters. The van der Waals surface area contributed by atoms with Crippen LogP contribution in [0.4, 0.5) is 8.78 Å². The Balaban J connectivity index is 2.20. The highest BCUT2D eigenvalue weighted by Crippen LogP contribution is 2.25. The van der Waals surface area contributed by atoms with E-state index in [4.69, 9.17) is 4.74 Å². The van der Waals surface area contributed by atoms with Gasteiger partial charge in [-0.05, 0) is 37.3 Å². The molecule has 1 N–H and O–H groups in total. The Morgan fingerprint density at radius 1 is 1.29 bits per heavy atom. The van der Waals surface area contributed by atoms with Gasteiger partial charge in [0, 0.05) is 5.56 Å². The summed E-state index contributed by atoms with van der Waals surface area (Å²) in [5.41, 5.74) is 0.444. The summed E-state index contributed by atoms with van der Waals surface area (Å²) in [7, 11) is 1.46. The van der Waals surface area contributed by atoms with E-state index in [0.717, 1.165) is 6.07 Å². The highest BCUT2D eigenvalue weighted by atomic mass is 19.1. The normalized spacial score (nSPS) is 11.8. The summed E-state index contributed by atoms with van der Waals surface area (Å²) in [6.45, 7) is 1.68. The van der Waals surface area contributed by atoms with Crippen LogP contribution < -0.4 is 10.1 Å². The summed E-state index contributed by atoms with van der Waals surface area (Å²) in [5.74, 6) is -1.26. The van der Waals surface area contributed by atoms with Crippen LogP contribution in [0.25, 0.3) is 0 Å². The molecule has 1 aromatic carbocycles. The standard InChI is InChI=1S/C15H14F2N2O2/c1-9(11-8-10(16)6-7-13(11)21-2)18-15(20)12-4-3-5-14(17)19-12/h3-9H,1-2H3,(H,18,20). The fourth-order valence-corrected chi connectivity index (χ4v) is 1.93. The summed E-state index contributed by atoms with van der Waals surface area (Å²) < 4.78 is 31.5. The average molecular weight is 292 g/mol. The van der Waals surface area contributed by atoms with E-state index >= 15 is 0 Å². The molecule has 21 heavy (non-hydrogen) atoms. The zero-order valence-corrected chi connectivity index (χ0v) is 11.6. The summed E-state index contributed by atoms with van der Waals surface area (Å²) in [4.78, 5) is 15.5. The first-order valence-corrected chi connectivity index (χ1v) is 6.28. The SMILES string of the molecule is COc1ccc(F)cc1C(C)NC(=O)c1cccc(F)n1. The van der Waals surface area contributed by atoms with Crippen molar-refractivity contribution in [2.45, 2.75) is 13.0 Å². The highest BCUT2D eigenvalue weighted by Gasteiger charge is 2.17.